The Labute approximate surface area is 235 Å². The number of ketones is 3. The van der Waals surface area contributed by atoms with Crippen LogP contribution in [0.5, 0.6) is 11.5 Å². The van der Waals surface area contributed by atoms with Crippen LogP contribution >= 0.6 is 11.3 Å². The van der Waals surface area contributed by atoms with Crippen molar-refractivity contribution >= 4 is 40.4 Å². The van der Waals surface area contributed by atoms with E-state index in [0.717, 1.165) is 11.3 Å². The first-order valence-electron chi connectivity index (χ1n) is 13.1. The second-order valence-electron chi connectivity index (χ2n) is 10.2. The number of nitrogens with zero attached hydrogens (tertiary/aromatic N) is 1. The molecule has 1 aliphatic carbocycles. The quantitative estimate of drug-likeness (QED) is 0.223. The van der Waals surface area contributed by atoms with Crippen molar-refractivity contribution in [2.45, 2.75) is 18.0 Å². The van der Waals surface area contributed by atoms with E-state index in [0.29, 0.717) is 33.1 Å². The maximum absolute atomic E-state index is 14.7. The molecule has 1 aromatic heterocycles. The molecule has 0 bridgehead atoms. The minimum atomic E-state index is -1.59. The van der Waals surface area contributed by atoms with Gasteiger partial charge in [0.05, 0.1) is 25.1 Å². The molecule has 6 nitrogen and oxygen atoms in total. The number of thiophene rings is 1. The van der Waals surface area contributed by atoms with Gasteiger partial charge in [-0.3, -0.25) is 14.4 Å². The number of carbonyl (C=O) groups excluding carboxylic acids is 3. The van der Waals surface area contributed by atoms with Gasteiger partial charge in [0.15, 0.2) is 17.3 Å². The minimum absolute atomic E-state index is 0.145. The first-order valence-corrected chi connectivity index (χ1v) is 13.9. The summed E-state index contributed by atoms with van der Waals surface area (Å²) in [6, 6.07) is 22.2. The molecule has 3 atom stereocenters. The molecule has 1 unspecified atom stereocenters. The van der Waals surface area contributed by atoms with Crippen molar-refractivity contribution in [2.75, 3.05) is 19.1 Å². The summed E-state index contributed by atoms with van der Waals surface area (Å²) in [5.41, 5.74) is 1.50. The second-order valence-corrected chi connectivity index (χ2v) is 11.2. The van der Waals surface area contributed by atoms with Crippen molar-refractivity contribution in [3.8, 4) is 11.5 Å². The van der Waals surface area contributed by atoms with Crippen LogP contribution in [0.2, 0.25) is 0 Å². The van der Waals surface area contributed by atoms with Crippen molar-refractivity contribution in [1.82, 2.24) is 0 Å². The fraction of sp³-hybridized carbons (Fsp3) is 0.182. The van der Waals surface area contributed by atoms with Crippen LogP contribution in [-0.2, 0) is 0 Å². The lowest BCUT2D eigenvalue weighted by atomic mass is 9.64. The summed E-state index contributed by atoms with van der Waals surface area (Å²) in [5, 5.41) is 1.86. The predicted molar refractivity (Wildman–Crippen MR) is 154 cm³/mol. The Bertz CT molecular complexity index is 1690. The van der Waals surface area contributed by atoms with E-state index >= 15 is 0 Å². The maximum atomic E-state index is 14.7. The third-order valence-corrected chi connectivity index (χ3v) is 9.40. The molecule has 198 valence electrons. The maximum Gasteiger partial charge on any atom is 0.195 e. The summed E-state index contributed by atoms with van der Waals surface area (Å²) in [6.45, 7) is 0. The monoisotopic (exact) mass is 547 g/mol. The van der Waals surface area contributed by atoms with Gasteiger partial charge in [0.25, 0.3) is 0 Å². The van der Waals surface area contributed by atoms with E-state index in [1.807, 2.05) is 52.8 Å². The Morgan fingerprint density at radius 2 is 1.60 bits per heavy atom. The van der Waals surface area contributed by atoms with Crippen LogP contribution in [0.15, 0.2) is 90.3 Å². The van der Waals surface area contributed by atoms with Gasteiger partial charge >= 0.3 is 0 Å². The van der Waals surface area contributed by atoms with Gasteiger partial charge < -0.3 is 14.4 Å². The largest absolute Gasteiger partial charge is 0.497 e. The van der Waals surface area contributed by atoms with Crippen molar-refractivity contribution < 1.29 is 23.9 Å². The lowest BCUT2D eigenvalue weighted by Gasteiger charge is -2.37. The molecule has 1 saturated heterocycles. The second kappa shape index (κ2) is 9.03. The molecule has 0 amide bonds. The summed E-state index contributed by atoms with van der Waals surface area (Å²) < 4.78 is 11.4. The van der Waals surface area contributed by atoms with Gasteiger partial charge in [-0.15, -0.1) is 11.3 Å². The Morgan fingerprint density at radius 3 is 2.27 bits per heavy atom. The molecule has 0 saturated carbocycles. The number of benzene rings is 3. The van der Waals surface area contributed by atoms with Gasteiger partial charge in [-0.05, 0) is 41.3 Å². The van der Waals surface area contributed by atoms with Gasteiger partial charge in [0.2, 0.25) is 0 Å². The Morgan fingerprint density at radius 1 is 0.875 bits per heavy atom. The topological polar surface area (TPSA) is 72.9 Å². The number of hydrogen-bond donors (Lipinski definition) is 0. The highest BCUT2D eigenvalue weighted by molar-refractivity contribution is 7.12. The normalized spacial score (nSPS) is 21.8. The van der Waals surface area contributed by atoms with E-state index in [9.17, 15) is 14.4 Å². The highest BCUT2D eigenvalue weighted by Crippen LogP contribution is 2.62. The standard InChI is InChI=1S/C33H25NO5S/c1-38-20-14-15-25(39-2)23(18-20)28-29(30(35)26-12-7-17-40-26)34-24-11-6-3-8-19(24)13-16-27(34)33(28)31(36)21-9-4-5-10-22(21)32(33)37/h3-18,27-29H,1-2H3/t27?,28-,29+/m0/s1. The third kappa shape index (κ3) is 3.12. The van der Waals surface area contributed by atoms with E-state index in [1.54, 1.807) is 62.8 Å². The van der Waals surface area contributed by atoms with Crippen LogP contribution in [0.3, 0.4) is 0 Å². The highest BCUT2D eigenvalue weighted by atomic mass is 32.1. The van der Waals surface area contributed by atoms with Gasteiger partial charge in [-0.1, -0.05) is 60.7 Å². The van der Waals surface area contributed by atoms with Gasteiger partial charge in [0.1, 0.15) is 23.0 Å². The number of methoxy groups -OCH3 is 2. The fourth-order valence-corrected chi connectivity index (χ4v) is 7.61. The Kier molecular flexibility index (Phi) is 5.54. The molecule has 3 heterocycles. The summed E-state index contributed by atoms with van der Waals surface area (Å²) in [7, 11) is 3.12. The molecule has 7 rings (SSSR count). The number of rotatable bonds is 5. The molecule has 2 aliphatic heterocycles. The zero-order valence-electron chi connectivity index (χ0n) is 21.9. The fourth-order valence-electron chi connectivity index (χ4n) is 6.91. The zero-order valence-corrected chi connectivity index (χ0v) is 22.7. The van der Waals surface area contributed by atoms with Crippen LogP contribution in [0.4, 0.5) is 5.69 Å². The molecule has 1 fully saturated rings. The van der Waals surface area contributed by atoms with E-state index in [-0.39, 0.29) is 17.3 Å². The predicted octanol–water partition coefficient (Wildman–Crippen LogP) is 6.08. The molecule has 0 radical (unpaired) electrons. The highest BCUT2D eigenvalue weighted by Gasteiger charge is 2.72. The minimum Gasteiger partial charge on any atom is -0.497 e. The van der Waals surface area contributed by atoms with Gasteiger partial charge in [-0.2, -0.15) is 0 Å². The molecule has 3 aromatic carbocycles. The van der Waals surface area contributed by atoms with Crippen molar-refractivity contribution in [1.29, 1.82) is 0 Å². The number of fused-ring (bicyclic) bond motifs is 5. The smallest absolute Gasteiger partial charge is 0.195 e. The zero-order chi connectivity index (χ0) is 27.6. The first kappa shape index (κ1) is 24.5. The van der Waals surface area contributed by atoms with Crippen LogP contribution < -0.4 is 14.4 Å². The van der Waals surface area contributed by atoms with Crippen LogP contribution in [-0.4, -0.2) is 43.7 Å². The summed E-state index contributed by atoms with van der Waals surface area (Å²) >= 11 is 1.35. The number of carbonyl (C=O) groups is 3. The molecule has 7 heteroatoms. The number of para-hydroxylation sites is 1. The van der Waals surface area contributed by atoms with Gasteiger partial charge in [-0.25, -0.2) is 0 Å². The molecule has 0 N–H and O–H groups in total. The van der Waals surface area contributed by atoms with Crippen molar-refractivity contribution in [3.05, 3.63) is 117 Å². The lowest BCUT2D eigenvalue weighted by Crippen LogP contribution is -2.48. The van der Waals surface area contributed by atoms with E-state index in [4.69, 9.17) is 9.47 Å². The summed E-state index contributed by atoms with van der Waals surface area (Å²) in [5.74, 6) is -0.520. The van der Waals surface area contributed by atoms with Crippen LogP contribution in [0.25, 0.3) is 6.08 Å². The summed E-state index contributed by atoms with van der Waals surface area (Å²) in [4.78, 5) is 46.6. The molecular weight excluding hydrogens is 522 g/mol. The van der Waals surface area contributed by atoms with Crippen molar-refractivity contribution in [2.24, 2.45) is 5.41 Å². The third-order valence-electron chi connectivity index (χ3n) is 8.52. The van der Waals surface area contributed by atoms with E-state index in [1.165, 1.54) is 11.3 Å². The molecule has 40 heavy (non-hydrogen) atoms. The number of hydrogen-bond acceptors (Lipinski definition) is 7. The van der Waals surface area contributed by atoms with E-state index < -0.39 is 23.4 Å². The molecular formula is C33H25NO5S. The lowest BCUT2D eigenvalue weighted by molar-refractivity contribution is 0.0664. The molecule has 4 aromatic rings. The molecule has 3 aliphatic rings. The number of anilines is 1. The molecule has 1 spiro atoms. The average Bonchev–Trinajstić information content (AvgIpc) is 3.70. The number of Topliss-reactive ketones (excluding diaryl/α,β-unsaturated/α-hetero) is 3. The van der Waals surface area contributed by atoms with Gasteiger partial charge in [0, 0.05) is 28.3 Å². The average molecular weight is 548 g/mol. The van der Waals surface area contributed by atoms with Crippen molar-refractivity contribution in [3.63, 3.8) is 0 Å². The van der Waals surface area contributed by atoms with E-state index in [2.05, 4.69) is 0 Å². The summed E-state index contributed by atoms with van der Waals surface area (Å²) in [6.07, 6.45) is 3.88. The first-order chi connectivity index (χ1) is 19.5. The Hall–Kier alpha value is -4.49. The SMILES string of the molecule is COc1ccc(OC)c([C@H]2[C@H](C(=O)c3cccs3)N3c4ccccc4C=CC3C23C(=O)c2ccccc2C3=O)c1. The van der Waals surface area contributed by atoms with Crippen LogP contribution in [0, 0.1) is 5.41 Å². The van der Waals surface area contributed by atoms with Crippen LogP contribution in [0.1, 0.15) is 47.4 Å². The number of ether oxygens (including phenoxy) is 2. The Balaban J connectivity index is 1.59.